The van der Waals surface area contributed by atoms with Gasteiger partial charge >= 0.3 is 0 Å². The number of carbonyl (C=O) groups excluding carboxylic acids is 1. The average molecular weight is 542 g/mol. The third-order valence-corrected chi connectivity index (χ3v) is 8.65. The van der Waals surface area contributed by atoms with E-state index in [0.717, 1.165) is 17.7 Å². The van der Waals surface area contributed by atoms with Crippen molar-refractivity contribution in [1.29, 1.82) is 0 Å². The number of hydrogen-bond acceptors (Lipinski definition) is 4. The van der Waals surface area contributed by atoms with E-state index >= 15 is 0 Å². The number of anilines is 1. The molecule has 0 saturated carbocycles. The first-order valence-corrected chi connectivity index (χ1v) is 14.4. The van der Waals surface area contributed by atoms with Crippen molar-refractivity contribution in [3.8, 4) is 0 Å². The van der Waals surface area contributed by atoms with E-state index < -0.39 is 27.6 Å². The molecule has 0 unspecified atom stereocenters. The second-order valence-electron chi connectivity index (χ2n) is 9.71. The summed E-state index contributed by atoms with van der Waals surface area (Å²) >= 11 is 0. The number of amides is 1. The summed E-state index contributed by atoms with van der Waals surface area (Å²) in [6.45, 7) is 3.64. The van der Waals surface area contributed by atoms with Crippen LogP contribution in [0.15, 0.2) is 78.9 Å². The maximum Gasteiger partial charge on any atom is 0.239 e. The number of rotatable bonds is 10. The summed E-state index contributed by atoms with van der Waals surface area (Å²) in [7, 11) is -3.64. The monoisotopic (exact) mass is 541 g/mol. The zero-order valence-corrected chi connectivity index (χ0v) is 22.2. The standard InChI is InChI=1S/C29H33F2N3O3S/c1-22(20-34(25-11-6-3-7-12-25)38(36,37)21-23-9-4-2-5-10-23)33-17-15-24(16-18-33)32-29(35)19-26-27(30)13-8-14-28(26)31/h2-14,22,24H,15-21H2,1H3,(H,32,35)/t22-/m0/s1. The van der Waals surface area contributed by atoms with Crippen LogP contribution in [-0.2, 0) is 27.0 Å². The number of para-hydroxylation sites is 1. The number of sulfonamides is 1. The molecule has 6 nitrogen and oxygen atoms in total. The first kappa shape index (κ1) is 27.7. The molecule has 0 bridgehead atoms. The zero-order chi connectivity index (χ0) is 27.1. The third kappa shape index (κ3) is 7.17. The molecule has 0 radical (unpaired) electrons. The number of likely N-dealkylation sites (tertiary alicyclic amines) is 1. The average Bonchev–Trinajstić information content (AvgIpc) is 2.90. The highest BCUT2D eigenvalue weighted by Gasteiger charge is 2.29. The van der Waals surface area contributed by atoms with Gasteiger partial charge in [0.05, 0.1) is 17.9 Å². The molecule has 4 rings (SSSR count). The molecule has 38 heavy (non-hydrogen) atoms. The Hall–Kier alpha value is -3.30. The molecule has 1 saturated heterocycles. The minimum absolute atomic E-state index is 0.0649. The van der Waals surface area contributed by atoms with Crippen molar-refractivity contribution in [3.63, 3.8) is 0 Å². The molecule has 0 aliphatic carbocycles. The minimum atomic E-state index is -3.64. The van der Waals surface area contributed by atoms with Gasteiger partial charge in [-0.25, -0.2) is 17.2 Å². The van der Waals surface area contributed by atoms with Crippen LogP contribution >= 0.6 is 0 Å². The van der Waals surface area contributed by atoms with Crippen LogP contribution in [0.5, 0.6) is 0 Å². The Morgan fingerprint density at radius 3 is 2.13 bits per heavy atom. The van der Waals surface area contributed by atoms with Crippen molar-refractivity contribution in [2.45, 2.75) is 44.0 Å². The zero-order valence-electron chi connectivity index (χ0n) is 21.4. The Labute approximate surface area is 223 Å². The summed E-state index contributed by atoms with van der Waals surface area (Å²) in [4.78, 5) is 14.6. The van der Waals surface area contributed by atoms with Gasteiger partial charge in [-0.2, -0.15) is 0 Å². The van der Waals surface area contributed by atoms with Crippen molar-refractivity contribution in [3.05, 3.63) is 102 Å². The highest BCUT2D eigenvalue weighted by atomic mass is 32.2. The second-order valence-corrected chi connectivity index (χ2v) is 11.6. The summed E-state index contributed by atoms with van der Waals surface area (Å²) in [5.41, 5.74) is 1.12. The van der Waals surface area contributed by atoms with E-state index in [-0.39, 0.29) is 29.8 Å². The Morgan fingerprint density at radius 1 is 0.947 bits per heavy atom. The van der Waals surface area contributed by atoms with Gasteiger partial charge in [-0.1, -0.05) is 54.6 Å². The number of piperidine rings is 1. The van der Waals surface area contributed by atoms with Crippen LogP contribution in [0.4, 0.5) is 14.5 Å². The van der Waals surface area contributed by atoms with Gasteiger partial charge < -0.3 is 5.32 Å². The Morgan fingerprint density at radius 2 is 1.53 bits per heavy atom. The molecule has 0 aromatic heterocycles. The van der Waals surface area contributed by atoms with E-state index in [1.54, 1.807) is 12.1 Å². The van der Waals surface area contributed by atoms with Crippen molar-refractivity contribution in [2.24, 2.45) is 0 Å². The number of nitrogens with one attached hydrogen (secondary N) is 1. The van der Waals surface area contributed by atoms with Crippen LogP contribution in [-0.4, -0.2) is 50.9 Å². The summed E-state index contributed by atoms with van der Waals surface area (Å²) in [5, 5.41) is 2.89. The molecule has 1 amide bonds. The lowest BCUT2D eigenvalue weighted by atomic mass is 10.0. The topological polar surface area (TPSA) is 69.7 Å². The van der Waals surface area contributed by atoms with Crippen LogP contribution in [0, 0.1) is 11.6 Å². The van der Waals surface area contributed by atoms with Crippen LogP contribution in [0.1, 0.15) is 30.9 Å². The fraction of sp³-hybridized carbons (Fsp3) is 0.345. The van der Waals surface area contributed by atoms with Crippen molar-refractivity contribution >= 4 is 21.6 Å². The van der Waals surface area contributed by atoms with E-state index in [0.29, 0.717) is 38.2 Å². The SMILES string of the molecule is C[C@@H](CN(c1ccccc1)S(=O)(=O)Cc1ccccc1)N1CCC(NC(=O)Cc2c(F)cccc2F)CC1. The lowest BCUT2D eigenvalue weighted by Gasteiger charge is -2.38. The van der Waals surface area contributed by atoms with Gasteiger partial charge in [0.1, 0.15) is 11.6 Å². The molecule has 202 valence electrons. The lowest BCUT2D eigenvalue weighted by molar-refractivity contribution is -0.121. The predicted octanol–water partition coefficient (Wildman–Crippen LogP) is 4.51. The van der Waals surface area contributed by atoms with E-state index in [2.05, 4.69) is 10.2 Å². The van der Waals surface area contributed by atoms with Crippen LogP contribution in [0.2, 0.25) is 0 Å². The molecule has 3 aromatic rings. The van der Waals surface area contributed by atoms with Gasteiger partial charge in [0, 0.05) is 37.3 Å². The number of halogens is 2. The first-order chi connectivity index (χ1) is 18.2. The van der Waals surface area contributed by atoms with Crippen LogP contribution in [0.25, 0.3) is 0 Å². The van der Waals surface area contributed by atoms with Crippen molar-refractivity contribution in [2.75, 3.05) is 23.9 Å². The molecule has 9 heteroatoms. The van der Waals surface area contributed by atoms with Gasteiger partial charge in [-0.15, -0.1) is 0 Å². The summed E-state index contributed by atoms with van der Waals surface area (Å²) in [6.07, 6.45) is 0.982. The minimum Gasteiger partial charge on any atom is -0.353 e. The van der Waals surface area contributed by atoms with E-state index in [1.165, 1.54) is 10.4 Å². The van der Waals surface area contributed by atoms with Gasteiger partial charge in [-0.3, -0.25) is 14.0 Å². The molecular formula is C29H33F2N3O3S. The van der Waals surface area contributed by atoms with Gasteiger partial charge in [0.25, 0.3) is 0 Å². The Balaban J connectivity index is 1.36. The van der Waals surface area contributed by atoms with Gasteiger partial charge in [-0.05, 0) is 49.6 Å². The molecule has 1 heterocycles. The molecular weight excluding hydrogens is 508 g/mol. The summed E-state index contributed by atoms with van der Waals surface area (Å²) in [6, 6.07) is 21.6. The maximum atomic E-state index is 13.9. The summed E-state index contributed by atoms with van der Waals surface area (Å²) < 4.78 is 56.3. The highest BCUT2D eigenvalue weighted by molar-refractivity contribution is 7.92. The normalized spacial score (nSPS) is 15.7. The largest absolute Gasteiger partial charge is 0.353 e. The molecule has 1 aliphatic heterocycles. The molecule has 1 N–H and O–H groups in total. The van der Waals surface area contributed by atoms with Crippen LogP contribution in [0.3, 0.4) is 0 Å². The molecule has 1 fully saturated rings. The smallest absolute Gasteiger partial charge is 0.239 e. The van der Waals surface area contributed by atoms with Crippen molar-refractivity contribution < 1.29 is 22.0 Å². The first-order valence-electron chi connectivity index (χ1n) is 12.8. The second kappa shape index (κ2) is 12.5. The third-order valence-electron chi connectivity index (χ3n) is 6.92. The molecule has 1 atom stereocenters. The number of nitrogens with zero attached hydrogens (tertiary/aromatic N) is 2. The fourth-order valence-electron chi connectivity index (χ4n) is 4.82. The number of hydrogen-bond donors (Lipinski definition) is 1. The Bertz CT molecular complexity index is 1300. The van der Waals surface area contributed by atoms with E-state index in [1.807, 2.05) is 55.5 Å². The lowest BCUT2D eigenvalue weighted by Crippen LogP contribution is -2.51. The highest BCUT2D eigenvalue weighted by Crippen LogP contribution is 2.23. The molecule has 0 spiro atoms. The predicted molar refractivity (Wildman–Crippen MR) is 145 cm³/mol. The van der Waals surface area contributed by atoms with Gasteiger partial charge in [0.15, 0.2) is 0 Å². The summed E-state index contributed by atoms with van der Waals surface area (Å²) in [5.74, 6) is -1.96. The van der Waals surface area contributed by atoms with Crippen molar-refractivity contribution in [1.82, 2.24) is 10.2 Å². The number of carbonyl (C=O) groups is 1. The molecule has 1 aliphatic rings. The maximum absolute atomic E-state index is 13.9. The quantitative estimate of drug-likeness (QED) is 0.410. The Kier molecular flexibility index (Phi) is 9.12. The van der Waals surface area contributed by atoms with Gasteiger partial charge in [0.2, 0.25) is 15.9 Å². The van der Waals surface area contributed by atoms with E-state index in [4.69, 9.17) is 0 Å². The molecule has 3 aromatic carbocycles. The van der Waals surface area contributed by atoms with E-state index in [9.17, 15) is 22.0 Å². The fourth-order valence-corrected chi connectivity index (χ4v) is 6.47. The van der Waals surface area contributed by atoms with Crippen LogP contribution < -0.4 is 9.62 Å². The number of benzene rings is 3.